The molecule has 2 heterocycles. The van der Waals surface area contributed by atoms with E-state index in [4.69, 9.17) is 4.74 Å². The van der Waals surface area contributed by atoms with Gasteiger partial charge in [0.25, 0.3) is 0 Å². The quantitative estimate of drug-likeness (QED) is 0.487. The van der Waals surface area contributed by atoms with Gasteiger partial charge in [-0.15, -0.1) is 0 Å². The first-order valence-corrected chi connectivity index (χ1v) is 10.0. The maximum absolute atomic E-state index is 12.2. The van der Waals surface area contributed by atoms with Crippen molar-refractivity contribution in [2.75, 3.05) is 0 Å². The zero-order valence-corrected chi connectivity index (χ0v) is 16.8. The van der Waals surface area contributed by atoms with Gasteiger partial charge in [0, 0.05) is 30.1 Å². The Bertz CT molecular complexity index is 660. The highest BCUT2D eigenvalue weighted by Crippen LogP contribution is 2.21. The third-order valence-corrected chi connectivity index (χ3v) is 4.90. The summed E-state index contributed by atoms with van der Waals surface area (Å²) in [4.78, 5) is 16.6. The fraction of sp³-hybridized carbons (Fsp3) is 0.458. The molecule has 0 aliphatic carbocycles. The van der Waals surface area contributed by atoms with E-state index < -0.39 is 0 Å². The van der Waals surface area contributed by atoms with Gasteiger partial charge in [-0.2, -0.15) is 0 Å². The number of pyridine rings is 1. The Hall–Kier alpha value is -2.16. The second-order valence-corrected chi connectivity index (χ2v) is 7.33. The summed E-state index contributed by atoms with van der Waals surface area (Å²) < 4.78 is 5.82. The van der Waals surface area contributed by atoms with Crippen molar-refractivity contribution in [3.05, 3.63) is 72.5 Å². The second-order valence-electron chi connectivity index (χ2n) is 7.33. The van der Waals surface area contributed by atoms with Crippen molar-refractivity contribution in [3.8, 4) is 0 Å². The first kappa shape index (κ1) is 21.1. The van der Waals surface area contributed by atoms with Crippen molar-refractivity contribution in [1.82, 2.24) is 4.98 Å². The summed E-state index contributed by atoms with van der Waals surface area (Å²) in [5.41, 5.74) is 2.10. The molecule has 1 radical (unpaired) electrons. The number of allylic oxidation sites excluding steroid dienone is 4. The Morgan fingerprint density at radius 1 is 1.30 bits per heavy atom. The van der Waals surface area contributed by atoms with Gasteiger partial charge in [-0.25, -0.2) is 0 Å². The monoisotopic (exact) mass is 366 g/mol. The molecule has 0 saturated heterocycles. The molecule has 0 amide bonds. The molecule has 145 valence electrons. The van der Waals surface area contributed by atoms with Crippen LogP contribution in [0.2, 0.25) is 0 Å². The van der Waals surface area contributed by atoms with Crippen LogP contribution in [0.1, 0.15) is 64.5 Å². The topological polar surface area (TPSA) is 39.2 Å². The molecule has 0 spiro atoms. The predicted octanol–water partition coefficient (Wildman–Crippen LogP) is 5.96. The minimum Gasteiger partial charge on any atom is -0.457 e. The Balaban J connectivity index is 2.07. The summed E-state index contributed by atoms with van der Waals surface area (Å²) in [5, 5.41) is 0. The molecule has 0 N–H and O–H groups in total. The van der Waals surface area contributed by atoms with E-state index in [1.807, 2.05) is 37.4 Å². The van der Waals surface area contributed by atoms with Gasteiger partial charge in [-0.05, 0) is 43.9 Å². The summed E-state index contributed by atoms with van der Waals surface area (Å²) >= 11 is 0. The number of rotatable bonds is 4. The average Bonchev–Trinajstić information content (AvgIpc) is 2.67. The van der Waals surface area contributed by atoms with Crippen LogP contribution in [0.3, 0.4) is 0 Å². The van der Waals surface area contributed by atoms with Crippen molar-refractivity contribution in [2.24, 2.45) is 5.92 Å². The lowest BCUT2D eigenvalue weighted by Gasteiger charge is -2.23. The molecule has 1 aromatic heterocycles. The zero-order chi connectivity index (χ0) is 19.5. The minimum atomic E-state index is -0.226. The highest BCUT2D eigenvalue weighted by atomic mass is 16.5. The van der Waals surface area contributed by atoms with E-state index >= 15 is 0 Å². The lowest BCUT2D eigenvalue weighted by Crippen LogP contribution is -2.25. The van der Waals surface area contributed by atoms with Crippen LogP contribution in [-0.4, -0.2) is 17.1 Å². The number of hydrogen-bond donors (Lipinski definition) is 0. The molecule has 27 heavy (non-hydrogen) atoms. The maximum Gasteiger partial charge on any atom is 0.306 e. The minimum absolute atomic E-state index is 0.0941. The predicted molar refractivity (Wildman–Crippen MR) is 111 cm³/mol. The Kier molecular flexibility index (Phi) is 9.03. The zero-order valence-electron chi connectivity index (χ0n) is 16.8. The summed E-state index contributed by atoms with van der Waals surface area (Å²) in [5.74, 6) is 0.284. The van der Waals surface area contributed by atoms with Crippen molar-refractivity contribution in [2.45, 2.75) is 64.9 Å². The summed E-state index contributed by atoms with van der Waals surface area (Å²) in [6, 6.07) is 5.96. The molecule has 0 fully saturated rings. The fourth-order valence-electron chi connectivity index (χ4n) is 3.19. The van der Waals surface area contributed by atoms with E-state index in [-0.39, 0.29) is 23.9 Å². The number of carbonyl (C=O) groups excluding carboxylic acids is 1. The molecule has 0 aromatic carbocycles. The van der Waals surface area contributed by atoms with Gasteiger partial charge < -0.3 is 4.74 Å². The summed E-state index contributed by atoms with van der Waals surface area (Å²) in [6.45, 7) is 6.26. The van der Waals surface area contributed by atoms with Crippen LogP contribution >= 0.6 is 0 Å². The van der Waals surface area contributed by atoms with Crippen molar-refractivity contribution >= 4 is 5.97 Å². The molecule has 0 unspecified atom stereocenters. The van der Waals surface area contributed by atoms with Crippen molar-refractivity contribution in [1.29, 1.82) is 0 Å². The number of carbonyl (C=O) groups is 1. The number of hydrogen-bond acceptors (Lipinski definition) is 3. The van der Waals surface area contributed by atoms with Crippen LogP contribution in [0, 0.1) is 12.3 Å². The third-order valence-electron chi connectivity index (χ3n) is 4.90. The highest BCUT2D eigenvalue weighted by molar-refractivity contribution is 5.69. The van der Waals surface area contributed by atoms with Gasteiger partial charge in [0.2, 0.25) is 0 Å². The normalized spacial score (nSPS) is 25.3. The molecule has 1 aliphatic rings. The molecule has 0 saturated carbocycles. The Morgan fingerprint density at radius 3 is 2.93 bits per heavy atom. The van der Waals surface area contributed by atoms with Gasteiger partial charge >= 0.3 is 5.97 Å². The van der Waals surface area contributed by atoms with Crippen LogP contribution in [-0.2, 0) is 9.53 Å². The first-order valence-electron chi connectivity index (χ1n) is 10.0. The van der Waals surface area contributed by atoms with Crippen LogP contribution in [0.4, 0.5) is 0 Å². The maximum atomic E-state index is 12.2. The van der Waals surface area contributed by atoms with Gasteiger partial charge in [-0.1, -0.05) is 63.1 Å². The molecule has 1 aromatic rings. The Morgan fingerprint density at radius 2 is 2.15 bits per heavy atom. The molecule has 3 nitrogen and oxygen atoms in total. The molecular weight excluding hydrogens is 334 g/mol. The fourth-order valence-corrected chi connectivity index (χ4v) is 3.19. The van der Waals surface area contributed by atoms with E-state index in [2.05, 4.69) is 49.6 Å². The third kappa shape index (κ3) is 7.54. The smallest absolute Gasteiger partial charge is 0.306 e. The molecular formula is C24H32NO2. The van der Waals surface area contributed by atoms with Crippen molar-refractivity contribution < 1.29 is 9.53 Å². The number of cyclic esters (lactones) is 1. The van der Waals surface area contributed by atoms with Crippen LogP contribution in [0.15, 0.2) is 60.3 Å². The van der Waals surface area contributed by atoms with Crippen LogP contribution in [0.25, 0.3) is 0 Å². The summed E-state index contributed by atoms with van der Waals surface area (Å²) in [7, 11) is 0. The first-order chi connectivity index (χ1) is 13.1. The van der Waals surface area contributed by atoms with Gasteiger partial charge in [0.15, 0.2) is 0 Å². The van der Waals surface area contributed by atoms with E-state index in [0.29, 0.717) is 6.42 Å². The average molecular weight is 367 g/mol. The van der Waals surface area contributed by atoms with Gasteiger partial charge in [-0.3, -0.25) is 9.78 Å². The number of ether oxygens (including phenoxy) is 1. The number of esters is 1. The molecule has 2 rings (SSSR count). The Labute approximate surface area is 164 Å². The molecule has 3 atom stereocenters. The standard InChI is InChI=1S/C24H32NO2/c1-19(22-16-10-11-18-25-22)14-12-15-21(3)24-20(2)13-8-6-4-5-7-9-17-23(26)27-24/h6,8,10-16,18-20,24H,4-5,7,9,17H2,1-3H3/b13-8+,14-12+,21-15+/t19-,20-,24-/m0/s1. The van der Waals surface area contributed by atoms with Gasteiger partial charge in [0.1, 0.15) is 6.10 Å². The highest BCUT2D eigenvalue weighted by Gasteiger charge is 2.21. The van der Waals surface area contributed by atoms with E-state index in [1.54, 1.807) is 0 Å². The van der Waals surface area contributed by atoms with Crippen LogP contribution in [0.5, 0.6) is 0 Å². The molecule has 3 heteroatoms. The molecule has 0 bridgehead atoms. The number of nitrogens with zero attached hydrogens (tertiary/aromatic N) is 1. The number of aromatic nitrogens is 1. The lowest BCUT2D eigenvalue weighted by molar-refractivity contribution is -0.148. The van der Waals surface area contributed by atoms with E-state index in [1.165, 1.54) is 0 Å². The van der Waals surface area contributed by atoms with Gasteiger partial charge in [0.05, 0.1) is 0 Å². The van der Waals surface area contributed by atoms with E-state index in [0.717, 1.165) is 37.0 Å². The lowest BCUT2D eigenvalue weighted by atomic mass is 9.96. The van der Waals surface area contributed by atoms with Crippen LogP contribution < -0.4 is 0 Å². The van der Waals surface area contributed by atoms with Crippen molar-refractivity contribution in [3.63, 3.8) is 0 Å². The molecule has 1 aliphatic heterocycles. The van der Waals surface area contributed by atoms with E-state index in [9.17, 15) is 4.79 Å². The second kappa shape index (κ2) is 11.5. The largest absolute Gasteiger partial charge is 0.457 e. The SMILES string of the molecule is C/C(=C\C=C\[C@H](C)c1ccccn1)[C@H]1OC(=O)CCCCC[CH]/C=C/[C@@H]1C. The summed E-state index contributed by atoms with van der Waals surface area (Å²) in [6.07, 6.45) is 19.0.